The van der Waals surface area contributed by atoms with Crippen molar-refractivity contribution < 1.29 is 18.0 Å². The number of alkyl halides is 3. The molecule has 1 aliphatic carbocycles. The summed E-state index contributed by atoms with van der Waals surface area (Å²) in [7, 11) is 0. The second-order valence-electron chi connectivity index (χ2n) is 8.35. The molecule has 8 nitrogen and oxygen atoms in total. The summed E-state index contributed by atoms with van der Waals surface area (Å²) in [6, 6.07) is 12.3. The van der Waals surface area contributed by atoms with E-state index in [9.17, 15) is 18.0 Å². The highest BCUT2D eigenvalue weighted by molar-refractivity contribution is 5.94. The minimum atomic E-state index is -4.49. The van der Waals surface area contributed by atoms with Gasteiger partial charge in [-0.25, -0.2) is 4.98 Å². The fraction of sp³-hybridized carbons (Fsp3) is 0.304. The Hall–Kier alpha value is -3.89. The molecule has 0 spiro atoms. The van der Waals surface area contributed by atoms with Crippen LogP contribution in [0.25, 0.3) is 11.3 Å². The summed E-state index contributed by atoms with van der Waals surface area (Å²) in [5, 5.41) is 14.0. The van der Waals surface area contributed by atoms with Crippen molar-refractivity contribution in [2.24, 2.45) is 0 Å². The maximum atomic E-state index is 13.0. The Morgan fingerprint density at radius 3 is 2.29 bits per heavy atom. The van der Waals surface area contributed by atoms with Gasteiger partial charge in [-0.3, -0.25) is 13.8 Å². The van der Waals surface area contributed by atoms with Gasteiger partial charge in [0.15, 0.2) is 5.69 Å². The van der Waals surface area contributed by atoms with Gasteiger partial charge in [-0.1, -0.05) is 6.07 Å². The molecular weight excluding hydrogens is 447 g/mol. The third-order valence-electron chi connectivity index (χ3n) is 6.04. The number of amides is 1. The van der Waals surface area contributed by atoms with Crippen LogP contribution in [0, 0.1) is 0 Å². The van der Waals surface area contributed by atoms with Crippen LogP contribution in [0.3, 0.4) is 0 Å². The van der Waals surface area contributed by atoms with E-state index in [2.05, 4.69) is 25.8 Å². The zero-order chi connectivity index (χ0) is 23.7. The average Bonchev–Trinajstić information content (AvgIpc) is 3.51. The number of aromatic nitrogens is 5. The van der Waals surface area contributed by atoms with Crippen molar-refractivity contribution in [2.75, 3.05) is 5.32 Å². The summed E-state index contributed by atoms with van der Waals surface area (Å²) in [6.45, 7) is 0. The van der Waals surface area contributed by atoms with E-state index in [0.717, 1.165) is 37.6 Å². The molecule has 34 heavy (non-hydrogen) atoms. The molecule has 5 rings (SSSR count). The quantitative estimate of drug-likeness (QED) is 0.460. The Morgan fingerprint density at radius 2 is 1.62 bits per heavy atom. The van der Waals surface area contributed by atoms with Gasteiger partial charge in [-0.2, -0.15) is 13.2 Å². The van der Waals surface area contributed by atoms with Gasteiger partial charge in [0.2, 0.25) is 0 Å². The zero-order valence-electron chi connectivity index (χ0n) is 18.0. The Morgan fingerprint density at radius 1 is 0.941 bits per heavy atom. The van der Waals surface area contributed by atoms with Gasteiger partial charge < -0.3 is 10.6 Å². The summed E-state index contributed by atoms with van der Waals surface area (Å²) >= 11 is 0. The van der Waals surface area contributed by atoms with E-state index in [1.807, 2.05) is 12.1 Å². The number of fused-ring (bicyclic) bond motifs is 1. The maximum Gasteiger partial charge on any atom is 0.434 e. The number of nitrogens with zero attached hydrogens (tertiary/aromatic N) is 5. The third kappa shape index (κ3) is 4.59. The number of rotatable bonds is 5. The van der Waals surface area contributed by atoms with Gasteiger partial charge in [0.1, 0.15) is 24.1 Å². The van der Waals surface area contributed by atoms with Crippen molar-refractivity contribution in [2.45, 2.75) is 43.9 Å². The molecule has 0 atom stereocenters. The molecule has 0 bridgehead atoms. The largest absolute Gasteiger partial charge is 0.434 e. The van der Waals surface area contributed by atoms with Crippen molar-refractivity contribution in [1.82, 2.24) is 29.5 Å². The van der Waals surface area contributed by atoms with E-state index < -0.39 is 11.9 Å². The Kier molecular flexibility index (Phi) is 5.68. The van der Waals surface area contributed by atoms with Crippen LogP contribution >= 0.6 is 0 Å². The van der Waals surface area contributed by atoms with Crippen LogP contribution in [-0.4, -0.2) is 42.1 Å². The summed E-state index contributed by atoms with van der Waals surface area (Å²) in [5.74, 6) is 0.441. The molecule has 1 amide bonds. The Bertz CT molecular complexity index is 1270. The van der Waals surface area contributed by atoms with Gasteiger partial charge in [0, 0.05) is 29.5 Å². The molecule has 2 N–H and O–H groups in total. The molecule has 3 aromatic heterocycles. The van der Waals surface area contributed by atoms with Gasteiger partial charge in [-0.15, -0.1) is 10.2 Å². The Balaban J connectivity index is 1.17. The first-order valence-corrected chi connectivity index (χ1v) is 10.9. The summed E-state index contributed by atoms with van der Waals surface area (Å²) in [5.41, 5.74) is 0.768. The van der Waals surface area contributed by atoms with Gasteiger partial charge in [0.05, 0.1) is 0 Å². The second-order valence-corrected chi connectivity index (χ2v) is 8.35. The monoisotopic (exact) mass is 469 g/mol. The van der Waals surface area contributed by atoms with Crippen molar-refractivity contribution in [1.29, 1.82) is 0 Å². The first kappa shape index (κ1) is 21.9. The highest BCUT2D eigenvalue weighted by Gasteiger charge is 2.34. The Labute approximate surface area is 192 Å². The fourth-order valence-electron chi connectivity index (χ4n) is 4.24. The lowest BCUT2D eigenvalue weighted by atomic mass is 9.91. The van der Waals surface area contributed by atoms with Crippen LogP contribution in [0.2, 0.25) is 0 Å². The number of nitrogens with one attached hydrogen (secondary N) is 2. The van der Waals surface area contributed by atoms with Gasteiger partial charge in [-0.05, 0) is 62.1 Å². The van der Waals surface area contributed by atoms with E-state index in [4.69, 9.17) is 0 Å². The first-order valence-electron chi connectivity index (χ1n) is 10.9. The molecular formula is C23H22F3N7O. The number of pyridine rings is 1. The molecule has 1 saturated carbocycles. The van der Waals surface area contributed by atoms with Crippen molar-refractivity contribution in [3.63, 3.8) is 0 Å². The van der Waals surface area contributed by atoms with E-state index in [1.165, 1.54) is 4.40 Å². The van der Waals surface area contributed by atoms with Crippen molar-refractivity contribution >= 4 is 17.4 Å². The van der Waals surface area contributed by atoms with Crippen molar-refractivity contribution in [3.05, 3.63) is 72.6 Å². The van der Waals surface area contributed by atoms with Crippen LogP contribution in [0.1, 0.15) is 41.7 Å². The number of halogens is 3. The van der Waals surface area contributed by atoms with Crippen LogP contribution in [-0.2, 0) is 6.18 Å². The summed E-state index contributed by atoms with van der Waals surface area (Å²) < 4.78 is 42.3. The number of carbonyl (C=O) groups excluding carboxylic acids is 1. The molecule has 1 aromatic carbocycles. The smallest absolute Gasteiger partial charge is 0.368 e. The average molecular weight is 469 g/mol. The van der Waals surface area contributed by atoms with Gasteiger partial charge in [0.25, 0.3) is 5.91 Å². The molecule has 0 unspecified atom stereocenters. The lowest BCUT2D eigenvalue weighted by Crippen LogP contribution is -2.40. The molecule has 1 fully saturated rings. The predicted octanol–water partition coefficient (Wildman–Crippen LogP) is 4.09. The number of imidazole rings is 1. The van der Waals surface area contributed by atoms with Crippen molar-refractivity contribution in [3.8, 4) is 5.69 Å². The molecule has 0 saturated heterocycles. The molecule has 0 radical (unpaired) electrons. The summed E-state index contributed by atoms with van der Waals surface area (Å²) in [6.07, 6.45) is 2.82. The minimum Gasteiger partial charge on any atom is -0.368 e. The number of hydrogen-bond acceptors (Lipinski definition) is 5. The van der Waals surface area contributed by atoms with Crippen LogP contribution in [0.5, 0.6) is 0 Å². The fourth-order valence-corrected chi connectivity index (χ4v) is 4.24. The van der Waals surface area contributed by atoms with E-state index in [1.54, 1.807) is 47.6 Å². The van der Waals surface area contributed by atoms with E-state index in [-0.39, 0.29) is 23.6 Å². The summed E-state index contributed by atoms with van der Waals surface area (Å²) in [4.78, 5) is 16.3. The highest BCUT2D eigenvalue weighted by atomic mass is 19.4. The minimum absolute atomic E-state index is 0.0453. The molecule has 11 heteroatoms. The standard InChI is InChI=1S/C23H22F3N7O/c24-23(25,26)19-12-33-20(2-1-3-21(33)31-19)29-16-6-8-17(9-7-16)30-22(34)15-4-10-18(11-5-15)32-13-27-28-14-32/h1-5,10-14,16-17,29H,6-9H2,(H,30,34)/t16-,17+. The normalized spacial score (nSPS) is 18.7. The second kappa shape index (κ2) is 8.81. The van der Waals surface area contributed by atoms with Gasteiger partial charge >= 0.3 is 6.18 Å². The number of hydrogen-bond donors (Lipinski definition) is 2. The van der Waals surface area contributed by atoms with E-state index >= 15 is 0 Å². The maximum absolute atomic E-state index is 13.0. The number of anilines is 1. The third-order valence-corrected chi connectivity index (χ3v) is 6.04. The van der Waals surface area contributed by atoms with Crippen LogP contribution in [0.15, 0.2) is 61.3 Å². The molecule has 176 valence electrons. The SMILES string of the molecule is O=C(N[C@H]1CC[C@@H](Nc2cccc3nc(C(F)(F)F)cn23)CC1)c1ccc(-n2cnnc2)cc1. The number of carbonyl (C=O) groups is 1. The highest BCUT2D eigenvalue weighted by Crippen LogP contribution is 2.30. The molecule has 1 aliphatic rings. The predicted molar refractivity (Wildman–Crippen MR) is 119 cm³/mol. The topological polar surface area (TPSA) is 89.1 Å². The number of benzene rings is 1. The molecule has 4 aromatic rings. The lowest BCUT2D eigenvalue weighted by molar-refractivity contribution is -0.140. The van der Waals surface area contributed by atoms with Crippen LogP contribution < -0.4 is 10.6 Å². The van der Waals surface area contributed by atoms with E-state index in [0.29, 0.717) is 11.4 Å². The lowest BCUT2D eigenvalue weighted by Gasteiger charge is -2.30. The molecule has 0 aliphatic heterocycles. The first-order chi connectivity index (χ1) is 16.4. The molecule has 3 heterocycles. The zero-order valence-corrected chi connectivity index (χ0v) is 18.0. The van der Waals surface area contributed by atoms with Crippen LogP contribution in [0.4, 0.5) is 19.0 Å².